The molecule has 0 aliphatic heterocycles. The molecule has 1 saturated carbocycles. The van der Waals surface area contributed by atoms with Crippen molar-refractivity contribution >= 4 is 11.6 Å². The van der Waals surface area contributed by atoms with Gasteiger partial charge in [0.25, 0.3) is 5.91 Å². The molecule has 1 aromatic heterocycles. The van der Waals surface area contributed by atoms with Gasteiger partial charge in [-0.15, -0.1) is 0 Å². The number of nitrogens with one attached hydrogen (secondary N) is 1. The Labute approximate surface area is 169 Å². The van der Waals surface area contributed by atoms with Gasteiger partial charge in [-0.1, -0.05) is 66.7 Å². The number of anilines is 1. The maximum Gasteiger partial charge on any atom is 0.277 e. The van der Waals surface area contributed by atoms with Crippen LogP contribution in [0.25, 0.3) is 22.6 Å². The van der Waals surface area contributed by atoms with Crippen LogP contribution in [0, 0.1) is 0 Å². The Balaban J connectivity index is 1.49. The van der Waals surface area contributed by atoms with E-state index in [0.29, 0.717) is 17.3 Å². The summed E-state index contributed by atoms with van der Waals surface area (Å²) in [5.41, 5.74) is 4.04. The van der Waals surface area contributed by atoms with Crippen LogP contribution in [-0.4, -0.2) is 10.9 Å². The fourth-order valence-electron chi connectivity index (χ4n) is 3.46. The van der Waals surface area contributed by atoms with E-state index in [4.69, 9.17) is 4.42 Å². The lowest BCUT2D eigenvalue weighted by molar-refractivity contribution is 0.102. The smallest absolute Gasteiger partial charge is 0.277 e. The largest absolute Gasteiger partial charge is 0.440 e. The monoisotopic (exact) mass is 380 g/mol. The molecule has 142 valence electrons. The van der Waals surface area contributed by atoms with Crippen molar-refractivity contribution in [3.05, 3.63) is 96.4 Å². The summed E-state index contributed by atoms with van der Waals surface area (Å²) in [6.45, 7) is 0. The van der Waals surface area contributed by atoms with Crippen molar-refractivity contribution in [3.63, 3.8) is 0 Å². The highest BCUT2D eigenvalue weighted by atomic mass is 16.4. The molecule has 1 aliphatic carbocycles. The third kappa shape index (κ3) is 3.57. The Hall–Kier alpha value is -3.66. The zero-order chi connectivity index (χ0) is 19.6. The second-order valence-electron chi connectivity index (χ2n) is 7.24. The SMILES string of the molecule is O=C(Nc1ccccc1-c1ccccc1)c1nc(-c2ccccc2)oc1C1CC1. The molecule has 5 rings (SSSR count). The molecule has 4 nitrogen and oxygen atoms in total. The molecule has 4 aromatic rings. The van der Waals surface area contributed by atoms with Gasteiger partial charge in [0.2, 0.25) is 5.89 Å². The fourth-order valence-corrected chi connectivity index (χ4v) is 3.46. The van der Waals surface area contributed by atoms with Crippen LogP contribution in [0.15, 0.2) is 89.3 Å². The number of nitrogens with zero attached hydrogens (tertiary/aromatic N) is 1. The van der Waals surface area contributed by atoms with Crippen molar-refractivity contribution in [1.29, 1.82) is 0 Å². The van der Waals surface area contributed by atoms with Crippen LogP contribution in [0.4, 0.5) is 5.69 Å². The van der Waals surface area contributed by atoms with E-state index in [1.54, 1.807) is 0 Å². The molecule has 1 amide bonds. The van der Waals surface area contributed by atoms with Crippen LogP contribution < -0.4 is 5.32 Å². The Bertz CT molecular complexity index is 1150. The summed E-state index contributed by atoms with van der Waals surface area (Å²) < 4.78 is 6.03. The van der Waals surface area contributed by atoms with Crippen molar-refractivity contribution in [2.24, 2.45) is 0 Å². The van der Waals surface area contributed by atoms with Crippen LogP contribution in [0.2, 0.25) is 0 Å². The first kappa shape index (κ1) is 17.4. The van der Waals surface area contributed by atoms with Gasteiger partial charge in [-0.2, -0.15) is 0 Å². The van der Waals surface area contributed by atoms with Gasteiger partial charge in [-0.05, 0) is 36.6 Å². The van der Waals surface area contributed by atoms with Crippen molar-refractivity contribution in [3.8, 4) is 22.6 Å². The first-order chi connectivity index (χ1) is 14.3. The summed E-state index contributed by atoms with van der Waals surface area (Å²) in [7, 11) is 0. The first-order valence-corrected chi connectivity index (χ1v) is 9.81. The Morgan fingerprint density at radius 2 is 1.45 bits per heavy atom. The molecular weight excluding hydrogens is 360 g/mol. The number of amides is 1. The summed E-state index contributed by atoms with van der Waals surface area (Å²) in [5, 5.41) is 3.05. The quantitative estimate of drug-likeness (QED) is 0.452. The molecule has 3 aromatic carbocycles. The Morgan fingerprint density at radius 3 is 2.14 bits per heavy atom. The molecule has 0 unspecified atom stereocenters. The van der Waals surface area contributed by atoms with Gasteiger partial charge < -0.3 is 9.73 Å². The molecule has 1 N–H and O–H groups in total. The topological polar surface area (TPSA) is 55.1 Å². The van der Waals surface area contributed by atoms with Crippen LogP contribution in [-0.2, 0) is 0 Å². The summed E-state index contributed by atoms with van der Waals surface area (Å²) >= 11 is 0. The van der Waals surface area contributed by atoms with Crippen molar-refractivity contribution in [2.75, 3.05) is 5.32 Å². The van der Waals surface area contributed by atoms with Gasteiger partial charge >= 0.3 is 0 Å². The normalized spacial score (nSPS) is 13.2. The zero-order valence-corrected chi connectivity index (χ0v) is 15.8. The number of rotatable bonds is 5. The minimum Gasteiger partial charge on any atom is -0.440 e. The molecule has 1 heterocycles. The van der Waals surface area contributed by atoms with Gasteiger partial charge in [0.1, 0.15) is 5.76 Å². The number of benzene rings is 3. The lowest BCUT2D eigenvalue weighted by atomic mass is 10.0. The van der Waals surface area contributed by atoms with Crippen molar-refractivity contribution < 1.29 is 9.21 Å². The van der Waals surface area contributed by atoms with E-state index in [-0.39, 0.29) is 11.8 Å². The van der Waals surface area contributed by atoms with Crippen molar-refractivity contribution in [1.82, 2.24) is 4.98 Å². The highest BCUT2D eigenvalue weighted by Gasteiger charge is 2.34. The van der Waals surface area contributed by atoms with Gasteiger partial charge in [-0.25, -0.2) is 4.98 Å². The number of carbonyl (C=O) groups is 1. The predicted octanol–water partition coefficient (Wildman–Crippen LogP) is 6.14. The molecule has 0 spiro atoms. The molecule has 1 aliphatic rings. The van der Waals surface area contributed by atoms with E-state index in [2.05, 4.69) is 10.3 Å². The molecule has 0 saturated heterocycles. The number of hydrogen-bond donors (Lipinski definition) is 1. The van der Waals surface area contributed by atoms with E-state index < -0.39 is 0 Å². The van der Waals surface area contributed by atoms with Gasteiger partial charge in [0.05, 0.1) is 0 Å². The molecule has 29 heavy (non-hydrogen) atoms. The maximum atomic E-state index is 13.2. The average molecular weight is 380 g/mol. The minimum atomic E-state index is -0.235. The number of carbonyl (C=O) groups excluding carboxylic acids is 1. The Kier molecular flexibility index (Phi) is 4.45. The fraction of sp³-hybridized carbons (Fsp3) is 0.120. The highest BCUT2D eigenvalue weighted by Crippen LogP contribution is 2.43. The number of oxazole rings is 1. The first-order valence-electron chi connectivity index (χ1n) is 9.81. The van der Waals surface area contributed by atoms with Crippen LogP contribution in [0.1, 0.15) is 35.0 Å². The summed E-state index contributed by atoms with van der Waals surface area (Å²) in [6.07, 6.45) is 2.06. The number of para-hydroxylation sites is 1. The lowest BCUT2D eigenvalue weighted by Crippen LogP contribution is -2.14. The summed E-state index contributed by atoms with van der Waals surface area (Å²) in [6, 6.07) is 27.5. The zero-order valence-electron chi connectivity index (χ0n) is 15.8. The second kappa shape index (κ2) is 7.40. The summed E-state index contributed by atoms with van der Waals surface area (Å²) in [4.78, 5) is 17.7. The van der Waals surface area contributed by atoms with E-state index in [1.807, 2.05) is 84.9 Å². The highest BCUT2D eigenvalue weighted by molar-refractivity contribution is 6.06. The standard InChI is InChI=1S/C25H20N2O2/c28-24(26-21-14-8-7-13-20(21)17-9-3-1-4-10-17)22-23(18-15-16-18)29-25(27-22)19-11-5-2-6-12-19/h1-14,18H,15-16H2,(H,26,28). The van der Waals surface area contributed by atoms with E-state index in [0.717, 1.165) is 35.2 Å². The lowest BCUT2D eigenvalue weighted by Gasteiger charge is -2.10. The van der Waals surface area contributed by atoms with Gasteiger partial charge in [0.15, 0.2) is 5.69 Å². The van der Waals surface area contributed by atoms with Crippen LogP contribution in [0.5, 0.6) is 0 Å². The number of aromatic nitrogens is 1. The number of hydrogen-bond acceptors (Lipinski definition) is 3. The van der Waals surface area contributed by atoms with Gasteiger partial charge in [-0.3, -0.25) is 4.79 Å². The van der Waals surface area contributed by atoms with E-state index in [1.165, 1.54) is 0 Å². The van der Waals surface area contributed by atoms with Gasteiger partial charge in [0, 0.05) is 22.7 Å². The van der Waals surface area contributed by atoms with E-state index >= 15 is 0 Å². The van der Waals surface area contributed by atoms with Crippen LogP contribution in [0.3, 0.4) is 0 Å². The molecule has 1 fully saturated rings. The maximum absolute atomic E-state index is 13.2. The molecule has 0 radical (unpaired) electrons. The minimum absolute atomic E-state index is 0.235. The molecular formula is C25H20N2O2. The van der Waals surface area contributed by atoms with E-state index in [9.17, 15) is 4.79 Å². The third-order valence-corrected chi connectivity index (χ3v) is 5.10. The predicted molar refractivity (Wildman–Crippen MR) is 114 cm³/mol. The molecule has 0 atom stereocenters. The molecule has 0 bridgehead atoms. The molecule has 4 heteroatoms. The van der Waals surface area contributed by atoms with Crippen LogP contribution >= 0.6 is 0 Å². The third-order valence-electron chi connectivity index (χ3n) is 5.10. The second-order valence-corrected chi connectivity index (χ2v) is 7.24. The van der Waals surface area contributed by atoms with Crippen molar-refractivity contribution in [2.45, 2.75) is 18.8 Å². The summed E-state index contributed by atoms with van der Waals surface area (Å²) in [5.74, 6) is 1.24. The average Bonchev–Trinajstić information content (AvgIpc) is 3.53. The Morgan fingerprint density at radius 1 is 0.828 bits per heavy atom.